The van der Waals surface area contributed by atoms with Crippen molar-refractivity contribution in [3.8, 4) is 67.9 Å². The number of hydrogen-bond donors (Lipinski definition) is 0. The molecule has 0 aliphatic carbocycles. The summed E-state index contributed by atoms with van der Waals surface area (Å²) in [7, 11) is 0. The molecule has 0 unspecified atom stereocenters. The molecule has 70 heavy (non-hydrogen) atoms. The molecule has 6 nitrogen and oxygen atoms in total. The fourth-order valence-electron chi connectivity index (χ4n) is 10.6. The molecular weight excluding hydrogens is 853 g/mol. The van der Waals surface area contributed by atoms with Crippen LogP contribution in [0.25, 0.3) is 133 Å². The lowest BCUT2D eigenvalue weighted by atomic mass is 9.93. The molecule has 0 aliphatic heterocycles. The number of para-hydroxylation sites is 5. The van der Waals surface area contributed by atoms with Gasteiger partial charge in [-0.1, -0.05) is 194 Å². The van der Waals surface area contributed by atoms with E-state index in [2.05, 4.69) is 221 Å². The van der Waals surface area contributed by atoms with E-state index < -0.39 is 0 Å². The first-order valence-corrected chi connectivity index (χ1v) is 23.6. The van der Waals surface area contributed by atoms with Gasteiger partial charge in [-0.25, -0.2) is 19.9 Å². The van der Waals surface area contributed by atoms with Gasteiger partial charge in [-0.3, -0.25) is 0 Å². The van der Waals surface area contributed by atoms with Crippen molar-refractivity contribution in [2.24, 2.45) is 0 Å². The Kier molecular flexibility index (Phi) is 9.10. The second kappa shape index (κ2) is 16.1. The standard InChI is InChI=1S/C64H40N6/c1-4-18-42(19-5-1)60-59-51(38-39-57-58(59)53-28-12-15-33-56(53)69(57)46-23-8-3-9-24-46)52-30-17-29-48(61(52)65-60)41-34-36-44(37-35-41)63-66-62(43-20-6-2-7-21-43)67-64(68-63)45-22-16-25-47(40-45)70-54-31-13-10-26-49(54)50-27-11-14-32-55(50)70/h1-40H. The van der Waals surface area contributed by atoms with E-state index in [-0.39, 0.29) is 0 Å². The van der Waals surface area contributed by atoms with Crippen LogP contribution in [0.3, 0.4) is 0 Å². The molecule has 0 bridgehead atoms. The van der Waals surface area contributed by atoms with Crippen LogP contribution in [-0.4, -0.2) is 29.1 Å². The third kappa shape index (κ3) is 6.35. The average molecular weight is 893 g/mol. The van der Waals surface area contributed by atoms with Crippen molar-refractivity contribution >= 4 is 65.3 Å². The number of rotatable bonds is 7. The van der Waals surface area contributed by atoms with Crippen molar-refractivity contribution in [1.82, 2.24) is 29.1 Å². The number of aromatic nitrogens is 6. The Balaban J connectivity index is 0.916. The van der Waals surface area contributed by atoms with Gasteiger partial charge in [0.25, 0.3) is 0 Å². The monoisotopic (exact) mass is 892 g/mol. The number of fused-ring (bicyclic) bond motifs is 10. The summed E-state index contributed by atoms with van der Waals surface area (Å²) >= 11 is 0. The van der Waals surface area contributed by atoms with Crippen LogP contribution in [0.1, 0.15) is 0 Å². The summed E-state index contributed by atoms with van der Waals surface area (Å²) in [4.78, 5) is 21.1. The van der Waals surface area contributed by atoms with Crippen LogP contribution < -0.4 is 0 Å². The molecule has 0 amide bonds. The SMILES string of the molecule is c1ccc(-c2nc(-c3ccc(-c4cccc5c4nc(-c4ccccc4)c4c5ccc5c4c4ccccc4n5-c4ccccc4)cc3)nc(-c3cccc(-n4c5ccccc5c5ccccc54)c3)n2)cc1. The first-order valence-electron chi connectivity index (χ1n) is 23.6. The summed E-state index contributed by atoms with van der Waals surface area (Å²) < 4.78 is 4.70. The van der Waals surface area contributed by atoms with E-state index >= 15 is 0 Å². The zero-order valence-corrected chi connectivity index (χ0v) is 37.8. The second-order valence-corrected chi connectivity index (χ2v) is 17.8. The third-order valence-electron chi connectivity index (χ3n) is 13.8. The largest absolute Gasteiger partial charge is 0.309 e. The van der Waals surface area contributed by atoms with E-state index in [1.165, 1.54) is 32.4 Å². The van der Waals surface area contributed by atoms with Gasteiger partial charge in [-0.2, -0.15) is 0 Å². The fourth-order valence-corrected chi connectivity index (χ4v) is 10.6. The van der Waals surface area contributed by atoms with Gasteiger partial charge in [0, 0.05) is 71.5 Å². The molecule has 0 N–H and O–H groups in total. The van der Waals surface area contributed by atoms with Crippen LogP contribution in [0.15, 0.2) is 243 Å². The maximum absolute atomic E-state index is 5.67. The average Bonchev–Trinajstić information content (AvgIpc) is 3.97. The molecule has 4 heterocycles. The van der Waals surface area contributed by atoms with E-state index in [1.807, 2.05) is 30.3 Å². The van der Waals surface area contributed by atoms with Gasteiger partial charge in [-0.05, 0) is 59.5 Å². The van der Waals surface area contributed by atoms with E-state index in [1.54, 1.807) is 0 Å². The second-order valence-electron chi connectivity index (χ2n) is 17.8. The molecule has 0 saturated heterocycles. The van der Waals surface area contributed by atoms with Gasteiger partial charge in [0.05, 0.1) is 33.3 Å². The first kappa shape index (κ1) is 39.6. The van der Waals surface area contributed by atoms with E-state index in [0.717, 1.165) is 83.3 Å². The molecule has 0 aliphatic rings. The summed E-state index contributed by atoms with van der Waals surface area (Å²) in [5, 5.41) is 8.25. The zero-order chi connectivity index (χ0) is 46.1. The van der Waals surface area contributed by atoms with Crippen molar-refractivity contribution in [2.45, 2.75) is 0 Å². The highest BCUT2D eigenvalue weighted by Crippen LogP contribution is 2.44. The molecule has 326 valence electrons. The lowest BCUT2D eigenvalue weighted by Crippen LogP contribution is -2.01. The highest BCUT2D eigenvalue weighted by Gasteiger charge is 2.22. The maximum Gasteiger partial charge on any atom is 0.164 e. The quantitative estimate of drug-likeness (QED) is 0.150. The van der Waals surface area contributed by atoms with Crippen molar-refractivity contribution < 1.29 is 0 Å². The summed E-state index contributed by atoms with van der Waals surface area (Å²) in [5.74, 6) is 1.83. The molecule has 14 aromatic rings. The van der Waals surface area contributed by atoms with Crippen LogP contribution >= 0.6 is 0 Å². The van der Waals surface area contributed by atoms with Crippen molar-refractivity contribution in [3.63, 3.8) is 0 Å². The minimum absolute atomic E-state index is 0.602. The smallest absolute Gasteiger partial charge is 0.164 e. The Labute approximate surface area is 403 Å². The lowest BCUT2D eigenvalue weighted by Gasteiger charge is -2.15. The molecule has 10 aromatic carbocycles. The van der Waals surface area contributed by atoms with Crippen LogP contribution in [0.5, 0.6) is 0 Å². The first-order chi connectivity index (χ1) is 34.7. The van der Waals surface area contributed by atoms with Crippen molar-refractivity contribution in [3.05, 3.63) is 243 Å². The molecular formula is C64H40N6. The lowest BCUT2D eigenvalue weighted by molar-refractivity contribution is 1.07. The molecule has 14 rings (SSSR count). The molecule has 4 aromatic heterocycles. The third-order valence-corrected chi connectivity index (χ3v) is 13.8. The van der Waals surface area contributed by atoms with Crippen molar-refractivity contribution in [2.75, 3.05) is 0 Å². The van der Waals surface area contributed by atoms with Gasteiger partial charge in [0.1, 0.15) is 0 Å². The van der Waals surface area contributed by atoms with Gasteiger partial charge in [0.15, 0.2) is 17.5 Å². The normalized spacial score (nSPS) is 11.7. The van der Waals surface area contributed by atoms with Crippen LogP contribution in [0.2, 0.25) is 0 Å². The minimum atomic E-state index is 0.602. The predicted octanol–water partition coefficient (Wildman–Crippen LogP) is 16.1. The number of hydrogen-bond acceptors (Lipinski definition) is 4. The maximum atomic E-state index is 5.67. The minimum Gasteiger partial charge on any atom is -0.309 e. The molecule has 0 saturated carbocycles. The predicted molar refractivity (Wildman–Crippen MR) is 288 cm³/mol. The fraction of sp³-hybridized carbons (Fsp3) is 0. The van der Waals surface area contributed by atoms with E-state index in [4.69, 9.17) is 19.9 Å². The Morgan fingerprint density at radius 2 is 0.729 bits per heavy atom. The molecule has 0 fully saturated rings. The van der Waals surface area contributed by atoms with Gasteiger partial charge >= 0.3 is 0 Å². The summed E-state index contributed by atoms with van der Waals surface area (Å²) in [5.41, 5.74) is 14.6. The molecule has 0 spiro atoms. The zero-order valence-electron chi connectivity index (χ0n) is 37.8. The Bertz CT molecular complexity index is 4280. The van der Waals surface area contributed by atoms with E-state index in [9.17, 15) is 0 Å². The summed E-state index contributed by atoms with van der Waals surface area (Å²) in [6.07, 6.45) is 0. The van der Waals surface area contributed by atoms with E-state index in [0.29, 0.717) is 17.5 Å². The topological polar surface area (TPSA) is 61.4 Å². The highest BCUT2D eigenvalue weighted by atomic mass is 15.0. The summed E-state index contributed by atoms with van der Waals surface area (Å²) in [6.45, 7) is 0. The molecule has 6 heteroatoms. The van der Waals surface area contributed by atoms with Crippen LogP contribution in [0.4, 0.5) is 0 Å². The van der Waals surface area contributed by atoms with Gasteiger partial charge < -0.3 is 9.13 Å². The molecule has 0 atom stereocenters. The van der Waals surface area contributed by atoms with Gasteiger partial charge in [0.2, 0.25) is 0 Å². The Morgan fingerprint density at radius 1 is 0.257 bits per heavy atom. The van der Waals surface area contributed by atoms with Crippen LogP contribution in [0, 0.1) is 0 Å². The Hall–Kier alpha value is -9.52. The van der Waals surface area contributed by atoms with Gasteiger partial charge in [-0.15, -0.1) is 0 Å². The highest BCUT2D eigenvalue weighted by molar-refractivity contribution is 6.29. The molecule has 0 radical (unpaired) electrons. The number of pyridine rings is 1. The number of benzene rings is 10. The Morgan fingerprint density at radius 3 is 1.40 bits per heavy atom. The van der Waals surface area contributed by atoms with Crippen molar-refractivity contribution in [1.29, 1.82) is 0 Å². The number of nitrogens with zero attached hydrogens (tertiary/aromatic N) is 6. The summed E-state index contributed by atoms with van der Waals surface area (Å²) in [6, 6.07) is 85.5. The van der Waals surface area contributed by atoms with Crippen LogP contribution in [-0.2, 0) is 0 Å².